The molecule has 2 amide bonds. The topological polar surface area (TPSA) is 106 Å². The number of nitrogens with zero attached hydrogens (tertiary/aromatic N) is 3. The maximum Gasteiger partial charge on any atom is 0.234 e. The van der Waals surface area contributed by atoms with Gasteiger partial charge in [-0.3, -0.25) is 24.8 Å². The maximum atomic E-state index is 16.2. The number of aliphatic hydroxyl groups is 1. The van der Waals surface area contributed by atoms with Crippen molar-refractivity contribution in [2.24, 2.45) is 5.41 Å². The smallest absolute Gasteiger partial charge is 0.234 e. The minimum absolute atomic E-state index is 0.228. The highest BCUT2D eigenvalue weighted by Gasteiger charge is 2.50. The van der Waals surface area contributed by atoms with Crippen LogP contribution in [-0.2, 0) is 27.1 Å². The number of hydrogen-bond acceptors (Lipinski definition) is 6. The summed E-state index contributed by atoms with van der Waals surface area (Å²) in [6.07, 6.45) is 4.34. The SMILES string of the molecule is CC1(C)CN(Cc2ccc(C3(C#N)CC3)cc2)CC[C@@]1(O)c1ccc2ncc(C3CCC(=O)NC3=O)cc2c1F. The van der Waals surface area contributed by atoms with E-state index in [1.165, 1.54) is 0 Å². The predicted molar refractivity (Wildman–Crippen MR) is 147 cm³/mol. The first kappa shape index (κ1) is 26.5. The number of carbonyl (C=O) groups excluding carboxylic acids is 2. The molecule has 3 heterocycles. The number of imide groups is 1. The number of pyridine rings is 1. The zero-order chi connectivity index (χ0) is 28.3. The van der Waals surface area contributed by atoms with E-state index in [-0.39, 0.29) is 28.7 Å². The summed E-state index contributed by atoms with van der Waals surface area (Å²) in [5.74, 6) is -1.79. The first-order chi connectivity index (χ1) is 19.0. The van der Waals surface area contributed by atoms with Gasteiger partial charge >= 0.3 is 0 Å². The molecule has 206 valence electrons. The van der Waals surface area contributed by atoms with Crippen LogP contribution in [-0.4, -0.2) is 39.9 Å². The Kier molecular flexibility index (Phi) is 6.28. The van der Waals surface area contributed by atoms with Crippen molar-refractivity contribution >= 4 is 22.7 Å². The largest absolute Gasteiger partial charge is 0.384 e. The number of halogens is 1. The molecule has 40 heavy (non-hydrogen) atoms. The second-order valence-corrected chi connectivity index (χ2v) is 12.4. The normalized spacial score (nSPS) is 25.8. The fraction of sp³-hybridized carbons (Fsp3) is 0.438. The lowest BCUT2D eigenvalue weighted by Crippen LogP contribution is -2.55. The van der Waals surface area contributed by atoms with E-state index < -0.39 is 28.7 Å². The number of hydrogen-bond donors (Lipinski definition) is 2. The van der Waals surface area contributed by atoms with Crippen molar-refractivity contribution < 1.29 is 19.1 Å². The monoisotopic (exact) mass is 540 g/mol. The van der Waals surface area contributed by atoms with Crippen LogP contribution in [0, 0.1) is 22.6 Å². The Morgan fingerprint density at radius 1 is 1.15 bits per heavy atom. The molecule has 3 aliphatic rings. The van der Waals surface area contributed by atoms with Gasteiger partial charge in [-0.05, 0) is 54.5 Å². The van der Waals surface area contributed by atoms with Crippen LogP contribution in [0.15, 0.2) is 48.7 Å². The van der Waals surface area contributed by atoms with Crippen LogP contribution in [0.3, 0.4) is 0 Å². The second kappa shape index (κ2) is 9.46. The van der Waals surface area contributed by atoms with Gasteiger partial charge in [-0.25, -0.2) is 4.39 Å². The molecule has 3 fully saturated rings. The molecule has 8 heteroatoms. The van der Waals surface area contributed by atoms with Gasteiger partial charge in [0, 0.05) is 48.6 Å². The average Bonchev–Trinajstić information content (AvgIpc) is 3.73. The Morgan fingerprint density at radius 3 is 2.55 bits per heavy atom. The summed E-state index contributed by atoms with van der Waals surface area (Å²) in [7, 11) is 0. The molecular formula is C32H33FN4O3. The van der Waals surface area contributed by atoms with Crippen molar-refractivity contribution in [1.29, 1.82) is 5.26 Å². The van der Waals surface area contributed by atoms with Crippen LogP contribution in [0.1, 0.15) is 74.1 Å². The number of fused-ring (bicyclic) bond motifs is 1. The Bertz CT molecular complexity index is 1560. The maximum absolute atomic E-state index is 16.2. The number of carbonyl (C=O) groups is 2. The van der Waals surface area contributed by atoms with E-state index in [4.69, 9.17) is 0 Å². The van der Waals surface area contributed by atoms with Crippen molar-refractivity contribution in [3.05, 3.63) is 76.7 Å². The van der Waals surface area contributed by atoms with Gasteiger partial charge in [-0.15, -0.1) is 0 Å². The van der Waals surface area contributed by atoms with Crippen LogP contribution in [0.2, 0.25) is 0 Å². The van der Waals surface area contributed by atoms with Crippen LogP contribution in [0.25, 0.3) is 10.9 Å². The Balaban J connectivity index is 1.23. The summed E-state index contributed by atoms with van der Waals surface area (Å²) in [6, 6.07) is 15.7. The van der Waals surface area contributed by atoms with Gasteiger partial charge in [0.1, 0.15) is 5.82 Å². The fourth-order valence-corrected chi connectivity index (χ4v) is 6.54. The predicted octanol–water partition coefficient (Wildman–Crippen LogP) is 4.57. The van der Waals surface area contributed by atoms with Gasteiger partial charge in [0.25, 0.3) is 0 Å². The summed E-state index contributed by atoms with van der Waals surface area (Å²) in [5, 5.41) is 24.1. The molecule has 7 nitrogen and oxygen atoms in total. The Hall–Kier alpha value is -3.67. The molecule has 1 saturated carbocycles. The van der Waals surface area contributed by atoms with Gasteiger partial charge in [-0.1, -0.05) is 44.2 Å². The van der Waals surface area contributed by atoms with Crippen LogP contribution in [0.5, 0.6) is 0 Å². The number of nitrogens with one attached hydrogen (secondary N) is 1. The molecule has 0 spiro atoms. The number of aromatic nitrogens is 1. The summed E-state index contributed by atoms with van der Waals surface area (Å²) in [5.41, 5.74) is 1.10. The van der Waals surface area contributed by atoms with Gasteiger partial charge in [-0.2, -0.15) is 5.26 Å². The third-order valence-corrected chi connectivity index (χ3v) is 9.31. The zero-order valence-electron chi connectivity index (χ0n) is 22.8. The lowest BCUT2D eigenvalue weighted by molar-refractivity contribution is -0.134. The lowest BCUT2D eigenvalue weighted by atomic mass is 9.66. The van der Waals surface area contributed by atoms with Crippen LogP contribution in [0.4, 0.5) is 4.39 Å². The van der Waals surface area contributed by atoms with E-state index in [1.54, 1.807) is 24.4 Å². The van der Waals surface area contributed by atoms with E-state index in [0.29, 0.717) is 43.6 Å². The van der Waals surface area contributed by atoms with E-state index in [2.05, 4.69) is 45.5 Å². The summed E-state index contributed by atoms with van der Waals surface area (Å²) in [6.45, 7) is 5.80. The van der Waals surface area contributed by atoms with Crippen LogP contribution < -0.4 is 5.32 Å². The molecule has 6 rings (SSSR count). The molecule has 0 radical (unpaired) electrons. The fourth-order valence-electron chi connectivity index (χ4n) is 6.54. The third-order valence-electron chi connectivity index (χ3n) is 9.31. The summed E-state index contributed by atoms with van der Waals surface area (Å²) >= 11 is 0. The van der Waals surface area contributed by atoms with Crippen molar-refractivity contribution in [3.63, 3.8) is 0 Å². The minimum Gasteiger partial charge on any atom is -0.384 e. The number of nitriles is 1. The molecule has 0 bridgehead atoms. The first-order valence-electron chi connectivity index (χ1n) is 13.9. The average molecular weight is 541 g/mol. The standard InChI is InChI=1S/C32H33FN4O3/c1-30(2)19-37(17-20-3-5-22(6-4-20)31(18-34)11-12-31)14-13-32(30,40)25-8-9-26-24(28(25)33)15-21(16-35-26)23-7-10-27(38)36-29(23)39/h3-6,8-9,15-16,23,40H,7,10-14,17,19H2,1-2H3,(H,36,38,39)/t23?,32-/m1/s1. The van der Waals surface area contributed by atoms with Crippen molar-refractivity contribution in [2.45, 2.75) is 69.4 Å². The lowest BCUT2D eigenvalue weighted by Gasteiger charge is -2.50. The highest BCUT2D eigenvalue weighted by Crippen LogP contribution is 2.49. The van der Waals surface area contributed by atoms with E-state index in [1.807, 2.05) is 13.8 Å². The van der Waals surface area contributed by atoms with Gasteiger partial charge < -0.3 is 5.11 Å². The molecule has 1 aliphatic carbocycles. The third kappa shape index (κ3) is 4.38. The molecule has 2 N–H and O–H groups in total. The summed E-state index contributed by atoms with van der Waals surface area (Å²) < 4.78 is 16.2. The quantitative estimate of drug-likeness (QED) is 0.460. The van der Waals surface area contributed by atoms with Crippen LogP contribution >= 0.6 is 0 Å². The van der Waals surface area contributed by atoms with E-state index in [0.717, 1.165) is 24.0 Å². The highest BCUT2D eigenvalue weighted by molar-refractivity contribution is 6.01. The Morgan fingerprint density at radius 2 is 1.90 bits per heavy atom. The van der Waals surface area contributed by atoms with Crippen molar-refractivity contribution in [1.82, 2.24) is 15.2 Å². The highest BCUT2D eigenvalue weighted by atomic mass is 19.1. The first-order valence-corrected chi connectivity index (χ1v) is 13.9. The second-order valence-electron chi connectivity index (χ2n) is 12.4. The van der Waals surface area contributed by atoms with Crippen molar-refractivity contribution in [2.75, 3.05) is 13.1 Å². The molecule has 1 aromatic heterocycles. The molecule has 3 aromatic rings. The summed E-state index contributed by atoms with van der Waals surface area (Å²) in [4.78, 5) is 30.6. The minimum atomic E-state index is -1.40. The molecule has 2 aliphatic heterocycles. The number of benzene rings is 2. The van der Waals surface area contributed by atoms with Gasteiger partial charge in [0.15, 0.2) is 0 Å². The van der Waals surface area contributed by atoms with Gasteiger partial charge in [0.05, 0.1) is 28.5 Å². The number of rotatable bonds is 5. The number of amides is 2. The Labute approximate surface area is 233 Å². The molecule has 2 saturated heterocycles. The number of piperidine rings is 2. The molecular weight excluding hydrogens is 507 g/mol. The van der Waals surface area contributed by atoms with Crippen molar-refractivity contribution in [3.8, 4) is 6.07 Å². The molecule has 1 unspecified atom stereocenters. The molecule has 2 aromatic carbocycles. The van der Waals surface area contributed by atoms with Gasteiger partial charge in [0.2, 0.25) is 11.8 Å². The van der Waals surface area contributed by atoms with E-state index >= 15 is 4.39 Å². The van der Waals surface area contributed by atoms with E-state index in [9.17, 15) is 20.0 Å². The molecule has 2 atom stereocenters. The number of likely N-dealkylation sites (tertiary alicyclic amines) is 1. The zero-order valence-corrected chi connectivity index (χ0v) is 22.8.